The van der Waals surface area contributed by atoms with Gasteiger partial charge in [0.15, 0.2) is 0 Å². The maximum Gasteiger partial charge on any atom is 0.0491 e. The van der Waals surface area contributed by atoms with E-state index in [2.05, 4.69) is 19.2 Å². The van der Waals surface area contributed by atoms with Crippen LogP contribution in [0.15, 0.2) is 0 Å². The lowest BCUT2D eigenvalue weighted by Gasteiger charge is -2.13. The van der Waals surface area contributed by atoms with Gasteiger partial charge < -0.3 is 10.1 Å². The smallest absolute Gasteiger partial charge is 0.0491 e. The average Bonchev–Trinajstić information content (AvgIpc) is 2.76. The number of hydrogen-bond donors (Lipinski definition) is 1. The first-order valence-corrected chi connectivity index (χ1v) is 7.14. The van der Waals surface area contributed by atoms with Gasteiger partial charge in [-0.15, -0.1) is 0 Å². The zero-order valence-electron chi connectivity index (χ0n) is 11.1. The fraction of sp³-hybridized carbons (Fsp3) is 1.00. The molecule has 0 amide bonds. The van der Waals surface area contributed by atoms with E-state index in [1.807, 2.05) is 0 Å². The highest BCUT2D eigenvalue weighted by Crippen LogP contribution is 2.17. The van der Waals surface area contributed by atoms with Gasteiger partial charge in [-0.05, 0) is 38.1 Å². The molecule has 1 fully saturated rings. The summed E-state index contributed by atoms with van der Waals surface area (Å²) in [6.07, 6.45) is 9.33. The van der Waals surface area contributed by atoms with Crippen molar-refractivity contribution in [1.82, 2.24) is 5.32 Å². The molecule has 1 rings (SSSR count). The van der Waals surface area contributed by atoms with Crippen molar-refractivity contribution >= 4 is 0 Å². The number of nitrogens with one attached hydrogen (secondary N) is 1. The van der Waals surface area contributed by atoms with Crippen LogP contribution < -0.4 is 5.32 Å². The van der Waals surface area contributed by atoms with Crippen molar-refractivity contribution in [2.75, 3.05) is 19.8 Å². The molecule has 0 spiro atoms. The van der Waals surface area contributed by atoms with Gasteiger partial charge in [-0.25, -0.2) is 0 Å². The van der Waals surface area contributed by atoms with Gasteiger partial charge >= 0.3 is 0 Å². The van der Waals surface area contributed by atoms with E-state index in [0.717, 1.165) is 38.1 Å². The van der Waals surface area contributed by atoms with Gasteiger partial charge in [0.2, 0.25) is 0 Å². The van der Waals surface area contributed by atoms with Crippen LogP contribution in [0.3, 0.4) is 0 Å². The van der Waals surface area contributed by atoms with Crippen molar-refractivity contribution < 1.29 is 4.74 Å². The molecule has 0 bridgehead atoms. The molecule has 0 aromatic carbocycles. The van der Waals surface area contributed by atoms with Gasteiger partial charge in [-0.3, -0.25) is 0 Å². The first-order chi connectivity index (χ1) is 7.83. The monoisotopic (exact) mass is 227 g/mol. The van der Waals surface area contributed by atoms with Crippen LogP contribution >= 0.6 is 0 Å². The van der Waals surface area contributed by atoms with Crippen LogP contribution in [-0.2, 0) is 4.74 Å². The van der Waals surface area contributed by atoms with Crippen LogP contribution in [0, 0.1) is 5.92 Å². The van der Waals surface area contributed by atoms with Crippen molar-refractivity contribution in [1.29, 1.82) is 0 Å². The molecule has 1 saturated carbocycles. The number of ether oxygens (including phenoxy) is 1. The predicted molar refractivity (Wildman–Crippen MR) is 69.8 cm³/mol. The first kappa shape index (κ1) is 14.0. The highest BCUT2D eigenvalue weighted by atomic mass is 16.5. The van der Waals surface area contributed by atoms with Crippen LogP contribution in [0.1, 0.15) is 58.8 Å². The standard InChI is InChI=1S/C14H29NO/c1-3-7-13(2)12-16-11-6-10-15-14-8-4-5-9-14/h13-15H,3-12H2,1-2H3. The maximum absolute atomic E-state index is 5.67. The molecule has 2 heteroatoms. The molecule has 0 aliphatic heterocycles. The Morgan fingerprint density at radius 2 is 2.06 bits per heavy atom. The lowest BCUT2D eigenvalue weighted by Crippen LogP contribution is -2.27. The second-order valence-electron chi connectivity index (χ2n) is 5.26. The van der Waals surface area contributed by atoms with Gasteiger partial charge in [0.05, 0.1) is 0 Å². The van der Waals surface area contributed by atoms with Gasteiger partial charge in [0.25, 0.3) is 0 Å². The lowest BCUT2D eigenvalue weighted by atomic mass is 10.1. The van der Waals surface area contributed by atoms with Gasteiger partial charge in [0, 0.05) is 19.3 Å². The summed E-state index contributed by atoms with van der Waals surface area (Å²) in [5.41, 5.74) is 0. The molecular weight excluding hydrogens is 198 g/mol. The largest absolute Gasteiger partial charge is 0.381 e. The quantitative estimate of drug-likeness (QED) is 0.610. The summed E-state index contributed by atoms with van der Waals surface area (Å²) in [5, 5.41) is 3.61. The van der Waals surface area contributed by atoms with Gasteiger partial charge in [-0.1, -0.05) is 33.1 Å². The van der Waals surface area contributed by atoms with Gasteiger partial charge in [0.1, 0.15) is 0 Å². The first-order valence-electron chi connectivity index (χ1n) is 7.14. The SMILES string of the molecule is CCCC(C)COCCCNC1CCCC1. The van der Waals surface area contributed by atoms with Crippen LogP contribution in [0.25, 0.3) is 0 Å². The summed E-state index contributed by atoms with van der Waals surface area (Å²) in [6.45, 7) is 7.51. The summed E-state index contributed by atoms with van der Waals surface area (Å²) < 4.78 is 5.67. The Bertz CT molecular complexity index is 155. The fourth-order valence-electron chi connectivity index (χ4n) is 2.47. The molecule has 1 atom stereocenters. The Hall–Kier alpha value is -0.0800. The minimum Gasteiger partial charge on any atom is -0.381 e. The molecule has 0 aromatic heterocycles. The number of hydrogen-bond acceptors (Lipinski definition) is 2. The molecule has 1 aliphatic carbocycles. The Morgan fingerprint density at radius 1 is 1.31 bits per heavy atom. The highest BCUT2D eigenvalue weighted by Gasteiger charge is 2.13. The molecule has 1 aliphatic rings. The normalized spacial score (nSPS) is 19.1. The molecule has 0 saturated heterocycles. The average molecular weight is 227 g/mol. The minimum absolute atomic E-state index is 0.729. The van der Waals surface area contributed by atoms with E-state index in [9.17, 15) is 0 Å². The summed E-state index contributed by atoms with van der Waals surface area (Å²) in [5.74, 6) is 0.729. The molecule has 2 nitrogen and oxygen atoms in total. The third-order valence-corrected chi connectivity index (χ3v) is 3.44. The molecule has 1 unspecified atom stereocenters. The van der Waals surface area contributed by atoms with E-state index in [1.165, 1.54) is 38.5 Å². The second-order valence-corrected chi connectivity index (χ2v) is 5.26. The number of rotatable bonds is 9. The van der Waals surface area contributed by atoms with E-state index in [0.29, 0.717) is 0 Å². The van der Waals surface area contributed by atoms with Crippen molar-refractivity contribution in [3.63, 3.8) is 0 Å². The van der Waals surface area contributed by atoms with Crippen LogP contribution in [0.5, 0.6) is 0 Å². The van der Waals surface area contributed by atoms with Crippen LogP contribution in [0.2, 0.25) is 0 Å². The van der Waals surface area contributed by atoms with Crippen molar-refractivity contribution in [2.45, 2.75) is 64.8 Å². The van der Waals surface area contributed by atoms with Crippen molar-refractivity contribution in [3.05, 3.63) is 0 Å². The van der Waals surface area contributed by atoms with E-state index in [1.54, 1.807) is 0 Å². The van der Waals surface area contributed by atoms with Gasteiger partial charge in [-0.2, -0.15) is 0 Å². The molecular formula is C14H29NO. The Kier molecular flexibility index (Phi) is 7.87. The maximum atomic E-state index is 5.67. The summed E-state index contributed by atoms with van der Waals surface area (Å²) >= 11 is 0. The van der Waals surface area contributed by atoms with Crippen LogP contribution in [0.4, 0.5) is 0 Å². The zero-order valence-corrected chi connectivity index (χ0v) is 11.1. The van der Waals surface area contributed by atoms with E-state index in [4.69, 9.17) is 4.74 Å². The molecule has 0 aromatic rings. The summed E-state index contributed by atoms with van der Waals surface area (Å²) in [7, 11) is 0. The fourth-order valence-corrected chi connectivity index (χ4v) is 2.47. The van der Waals surface area contributed by atoms with Crippen molar-refractivity contribution in [3.8, 4) is 0 Å². The molecule has 0 radical (unpaired) electrons. The van der Waals surface area contributed by atoms with E-state index in [-0.39, 0.29) is 0 Å². The van der Waals surface area contributed by atoms with Crippen molar-refractivity contribution in [2.24, 2.45) is 5.92 Å². The Labute approximate surface area is 101 Å². The minimum atomic E-state index is 0.729. The molecule has 96 valence electrons. The highest BCUT2D eigenvalue weighted by molar-refractivity contribution is 4.73. The predicted octanol–water partition coefficient (Wildman–Crippen LogP) is 3.36. The lowest BCUT2D eigenvalue weighted by molar-refractivity contribution is 0.0993. The Morgan fingerprint density at radius 3 is 2.75 bits per heavy atom. The zero-order chi connectivity index (χ0) is 11.6. The molecule has 0 heterocycles. The third-order valence-electron chi connectivity index (χ3n) is 3.44. The molecule has 16 heavy (non-hydrogen) atoms. The summed E-state index contributed by atoms with van der Waals surface area (Å²) in [6, 6.07) is 0.805. The molecule has 1 N–H and O–H groups in total. The topological polar surface area (TPSA) is 21.3 Å². The third kappa shape index (κ3) is 6.49. The summed E-state index contributed by atoms with van der Waals surface area (Å²) in [4.78, 5) is 0. The second kappa shape index (κ2) is 9.00. The van der Waals surface area contributed by atoms with E-state index >= 15 is 0 Å². The van der Waals surface area contributed by atoms with E-state index < -0.39 is 0 Å². The Balaban J connectivity index is 1.80. The van der Waals surface area contributed by atoms with Crippen LogP contribution in [-0.4, -0.2) is 25.8 Å².